The molecule has 0 atom stereocenters. The van der Waals surface area contributed by atoms with Gasteiger partial charge in [0.25, 0.3) is 0 Å². The first kappa shape index (κ1) is 16.4. The SMILES string of the molecule is COc1ccc(Sc2ccc(Br)cc2CNC(C)C)cc1. The van der Waals surface area contributed by atoms with Crippen LogP contribution >= 0.6 is 27.7 Å². The van der Waals surface area contributed by atoms with Gasteiger partial charge in [-0.25, -0.2) is 0 Å². The zero-order chi connectivity index (χ0) is 15.2. The van der Waals surface area contributed by atoms with E-state index < -0.39 is 0 Å². The molecule has 0 unspecified atom stereocenters. The molecule has 4 heteroatoms. The third-order valence-electron chi connectivity index (χ3n) is 3.01. The van der Waals surface area contributed by atoms with Gasteiger partial charge < -0.3 is 10.1 Å². The summed E-state index contributed by atoms with van der Waals surface area (Å²) in [4.78, 5) is 2.49. The Balaban J connectivity index is 2.17. The van der Waals surface area contributed by atoms with Crippen molar-refractivity contribution in [3.63, 3.8) is 0 Å². The molecule has 0 aliphatic heterocycles. The summed E-state index contributed by atoms with van der Waals surface area (Å²) >= 11 is 5.33. The van der Waals surface area contributed by atoms with Gasteiger partial charge in [-0.05, 0) is 48.0 Å². The number of hydrogen-bond donors (Lipinski definition) is 1. The molecule has 112 valence electrons. The number of rotatable bonds is 6. The van der Waals surface area contributed by atoms with Crippen LogP contribution in [0.1, 0.15) is 19.4 Å². The Morgan fingerprint density at radius 1 is 1.14 bits per heavy atom. The molecule has 0 radical (unpaired) electrons. The van der Waals surface area contributed by atoms with Crippen molar-refractivity contribution >= 4 is 27.7 Å². The fourth-order valence-corrected chi connectivity index (χ4v) is 3.20. The molecule has 0 saturated heterocycles. The van der Waals surface area contributed by atoms with Crippen molar-refractivity contribution in [3.8, 4) is 5.75 Å². The van der Waals surface area contributed by atoms with E-state index in [1.165, 1.54) is 15.4 Å². The Labute approximate surface area is 139 Å². The molecule has 0 spiro atoms. The van der Waals surface area contributed by atoms with E-state index in [2.05, 4.69) is 65.4 Å². The molecule has 21 heavy (non-hydrogen) atoms. The lowest BCUT2D eigenvalue weighted by Gasteiger charge is -2.13. The zero-order valence-electron chi connectivity index (χ0n) is 12.5. The maximum Gasteiger partial charge on any atom is 0.118 e. The molecule has 0 amide bonds. The van der Waals surface area contributed by atoms with Crippen LogP contribution in [0.25, 0.3) is 0 Å². The zero-order valence-corrected chi connectivity index (χ0v) is 14.9. The molecular formula is C17H20BrNOS. The highest BCUT2D eigenvalue weighted by Gasteiger charge is 2.06. The number of benzene rings is 2. The second-order valence-corrected chi connectivity index (χ2v) is 7.10. The van der Waals surface area contributed by atoms with Gasteiger partial charge in [-0.15, -0.1) is 0 Å². The maximum atomic E-state index is 5.20. The molecule has 0 bridgehead atoms. The van der Waals surface area contributed by atoms with E-state index in [4.69, 9.17) is 4.74 Å². The van der Waals surface area contributed by atoms with Crippen molar-refractivity contribution in [2.45, 2.75) is 36.2 Å². The normalized spacial score (nSPS) is 10.9. The Morgan fingerprint density at radius 2 is 1.86 bits per heavy atom. The Morgan fingerprint density at radius 3 is 2.48 bits per heavy atom. The molecule has 0 aliphatic rings. The van der Waals surface area contributed by atoms with Crippen LogP contribution in [0, 0.1) is 0 Å². The van der Waals surface area contributed by atoms with Crippen LogP contribution < -0.4 is 10.1 Å². The summed E-state index contributed by atoms with van der Waals surface area (Å²) in [6.45, 7) is 5.19. The highest BCUT2D eigenvalue weighted by molar-refractivity contribution is 9.10. The van der Waals surface area contributed by atoms with Gasteiger partial charge in [0.1, 0.15) is 5.75 Å². The van der Waals surface area contributed by atoms with Crippen LogP contribution in [0.5, 0.6) is 5.75 Å². The monoisotopic (exact) mass is 365 g/mol. The van der Waals surface area contributed by atoms with Gasteiger partial charge in [0.05, 0.1) is 7.11 Å². The summed E-state index contributed by atoms with van der Waals surface area (Å²) in [6, 6.07) is 15.1. The molecular weight excluding hydrogens is 346 g/mol. The number of methoxy groups -OCH3 is 1. The van der Waals surface area contributed by atoms with Crippen LogP contribution in [-0.4, -0.2) is 13.2 Å². The molecule has 0 aliphatic carbocycles. The van der Waals surface area contributed by atoms with Crippen LogP contribution in [0.4, 0.5) is 0 Å². The van der Waals surface area contributed by atoms with Crippen molar-refractivity contribution in [3.05, 3.63) is 52.5 Å². The van der Waals surface area contributed by atoms with Gasteiger partial charge in [0.15, 0.2) is 0 Å². The first-order chi connectivity index (χ1) is 10.1. The van der Waals surface area contributed by atoms with E-state index in [1.807, 2.05) is 12.1 Å². The van der Waals surface area contributed by atoms with Crippen molar-refractivity contribution in [2.24, 2.45) is 0 Å². The average molecular weight is 366 g/mol. The third-order valence-corrected chi connectivity index (χ3v) is 4.63. The van der Waals surface area contributed by atoms with Crippen LogP contribution in [0.3, 0.4) is 0 Å². The largest absolute Gasteiger partial charge is 0.497 e. The minimum absolute atomic E-state index is 0.475. The molecule has 1 N–H and O–H groups in total. The van der Waals surface area contributed by atoms with E-state index in [1.54, 1.807) is 18.9 Å². The fraction of sp³-hybridized carbons (Fsp3) is 0.294. The summed E-state index contributed by atoms with van der Waals surface area (Å²) in [7, 11) is 1.69. The summed E-state index contributed by atoms with van der Waals surface area (Å²) in [5.41, 5.74) is 1.30. The molecule has 2 aromatic rings. The van der Waals surface area contributed by atoms with Crippen LogP contribution in [0.15, 0.2) is 56.7 Å². The highest BCUT2D eigenvalue weighted by atomic mass is 79.9. The van der Waals surface area contributed by atoms with Gasteiger partial charge in [-0.1, -0.05) is 41.5 Å². The highest BCUT2D eigenvalue weighted by Crippen LogP contribution is 2.33. The maximum absolute atomic E-state index is 5.20. The first-order valence-electron chi connectivity index (χ1n) is 6.92. The van der Waals surface area contributed by atoms with E-state index in [0.29, 0.717) is 6.04 Å². The number of ether oxygens (including phenoxy) is 1. The van der Waals surface area contributed by atoms with Gasteiger partial charge >= 0.3 is 0 Å². The minimum Gasteiger partial charge on any atom is -0.497 e. The lowest BCUT2D eigenvalue weighted by molar-refractivity contribution is 0.414. The third kappa shape index (κ3) is 5.06. The molecule has 0 aromatic heterocycles. The van der Waals surface area contributed by atoms with E-state index in [9.17, 15) is 0 Å². The molecule has 0 heterocycles. The second kappa shape index (κ2) is 7.87. The number of halogens is 1. The predicted octanol–water partition coefficient (Wildman–Crippen LogP) is 5.11. The first-order valence-corrected chi connectivity index (χ1v) is 8.53. The van der Waals surface area contributed by atoms with Gasteiger partial charge in [0, 0.05) is 26.9 Å². The average Bonchev–Trinajstić information content (AvgIpc) is 2.48. The number of nitrogens with one attached hydrogen (secondary N) is 1. The fourth-order valence-electron chi connectivity index (χ4n) is 1.87. The topological polar surface area (TPSA) is 21.3 Å². The lowest BCUT2D eigenvalue weighted by atomic mass is 10.2. The van der Waals surface area contributed by atoms with E-state index >= 15 is 0 Å². The molecule has 2 rings (SSSR count). The van der Waals surface area contributed by atoms with Gasteiger partial charge in [-0.3, -0.25) is 0 Å². The Bertz CT molecular complexity index is 584. The summed E-state index contributed by atoms with van der Waals surface area (Å²) in [6.07, 6.45) is 0. The molecule has 2 nitrogen and oxygen atoms in total. The van der Waals surface area contributed by atoms with E-state index in [0.717, 1.165) is 16.8 Å². The quantitative estimate of drug-likeness (QED) is 0.768. The second-order valence-electron chi connectivity index (χ2n) is 5.07. The van der Waals surface area contributed by atoms with Crippen LogP contribution in [-0.2, 0) is 6.54 Å². The van der Waals surface area contributed by atoms with Gasteiger partial charge in [-0.2, -0.15) is 0 Å². The van der Waals surface area contributed by atoms with Crippen molar-refractivity contribution in [2.75, 3.05) is 7.11 Å². The van der Waals surface area contributed by atoms with Crippen LogP contribution in [0.2, 0.25) is 0 Å². The van der Waals surface area contributed by atoms with Gasteiger partial charge in [0.2, 0.25) is 0 Å². The summed E-state index contributed by atoms with van der Waals surface area (Å²) in [5, 5.41) is 3.48. The molecule has 0 fully saturated rings. The molecule has 0 saturated carbocycles. The Kier molecular flexibility index (Phi) is 6.15. The van der Waals surface area contributed by atoms with Crippen molar-refractivity contribution in [1.82, 2.24) is 5.32 Å². The number of hydrogen-bond acceptors (Lipinski definition) is 3. The predicted molar refractivity (Wildman–Crippen MR) is 93.2 cm³/mol. The minimum atomic E-state index is 0.475. The summed E-state index contributed by atoms with van der Waals surface area (Å²) < 4.78 is 6.31. The van der Waals surface area contributed by atoms with Crippen molar-refractivity contribution < 1.29 is 4.74 Å². The lowest BCUT2D eigenvalue weighted by Crippen LogP contribution is -2.22. The molecule has 2 aromatic carbocycles. The van der Waals surface area contributed by atoms with Crippen molar-refractivity contribution in [1.29, 1.82) is 0 Å². The Hall–Kier alpha value is -0.970. The standard InChI is InChI=1S/C17H20BrNOS/c1-12(2)19-11-13-10-14(18)4-9-17(13)21-16-7-5-15(20-3)6-8-16/h4-10,12,19H,11H2,1-3H3. The smallest absolute Gasteiger partial charge is 0.118 e. The van der Waals surface area contributed by atoms with E-state index in [-0.39, 0.29) is 0 Å². The summed E-state index contributed by atoms with van der Waals surface area (Å²) in [5.74, 6) is 0.886.